The average Bonchev–Trinajstić information content (AvgIpc) is 3.27. The van der Waals surface area contributed by atoms with E-state index in [2.05, 4.69) is 15.3 Å². The van der Waals surface area contributed by atoms with Crippen molar-refractivity contribution in [3.05, 3.63) is 73.3 Å². The molecule has 1 N–H and O–H groups in total. The first-order valence-electron chi connectivity index (χ1n) is 12.8. The zero-order chi connectivity index (χ0) is 29.0. The van der Waals surface area contributed by atoms with Gasteiger partial charge in [-0.05, 0) is 65.6 Å². The summed E-state index contributed by atoms with van der Waals surface area (Å²) >= 11 is 0. The minimum absolute atomic E-state index is 0.257. The van der Waals surface area contributed by atoms with E-state index in [0.29, 0.717) is 29.0 Å². The molecule has 0 saturated heterocycles. The van der Waals surface area contributed by atoms with E-state index < -0.39 is 17.6 Å². The molecule has 9 nitrogen and oxygen atoms in total. The monoisotopic (exact) mass is 544 g/mol. The minimum Gasteiger partial charge on any atom is -0.441 e. The van der Waals surface area contributed by atoms with Crippen LogP contribution >= 0.6 is 0 Å². The van der Waals surface area contributed by atoms with Crippen molar-refractivity contribution in [3.63, 3.8) is 0 Å². The zero-order valence-corrected chi connectivity index (χ0v) is 23.5. The van der Waals surface area contributed by atoms with Crippen LogP contribution in [0.15, 0.2) is 67.4 Å². The molecule has 4 aromatic rings. The summed E-state index contributed by atoms with van der Waals surface area (Å²) in [4.78, 5) is 39.5. The first kappa shape index (κ1) is 28.6. The number of hydrogen-bond donors (Lipinski definition) is 1. The van der Waals surface area contributed by atoms with E-state index in [-0.39, 0.29) is 11.9 Å². The smallest absolute Gasteiger partial charge is 0.313 e. The third-order valence-corrected chi connectivity index (χ3v) is 6.07. The molecule has 0 spiro atoms. The Labute approximate surface area is 232 Å². The molecule has 208 valence electrons. The van der Waals surface area contributed by atoms with Crippen LogP contribution in [0.1, 0.15) is 33.9 Å². The summed E-state index contributed by atoms with van der Waals surface area (Å²) in [5.41, 5.74) is 3.21. The highest BCUT2D eigenvalue weighted by atomic mass is 19.1. The number of ether oxygens (including phenoxy) is 1. The number of carbonyl (C=O) groups is 2. The van der Waals surface area contributed by atoms with Crippen LogP contribution in [0.2, 0.25) is 0 Å². The van der Waals surface area contributed by atoms with Gasteiger partial charge >= 0.3 is 5.97 Å². The maximum absolute atomic E-state index is 14.1. The Morgan fingerprint density at radius 2 is 1.85 bits per heavy atom. The lowest BCUT2D eigenvalue weighted by Gasteiger charge is -2.22. The largest absolute Gasteiger partial charge is 0.441 e. The van der Waals surface area contributed by atoms with Gasteiger partial charge in [0.05, 0.1) is 17.3 Å². The van der Waals surface area contributed by atoms with Gasteiger partial charge in [-0.15, -0.1) is 0 Å². The molecule has 0 saturated carbocycles. The molecule has 1 atom stereocenters. The predicted molar refractivity (Wildman–Crippen MR) is 153 cm³/mol. The predicted octanol–water partition coefficient (Wildman–Crippen LogP) is 5.46. The molecule has 0 radical (unpaired) electrons. The van der Waals surface area contributed by atoms with Gasteiger partial charge in [0.15, 0.2) is 6.23 Å². The van der Waals surface area contributed by atoms with E-state index in [4.69, 9.17) is 9.72 Å². The number of nitrogens with one attached hydrogen (secondary N) is 1. The summed E-state index contributed by atoms with van der Waals surface area (Å²) in [6.45, 7) is 7.77. The molecule has 0 aliphatic rings. The summed E-state index contributed by atoms with van der Waals surface area (Å²) in [6.07, 6.45) is 10.7. The lowest BCUT2D eigenvalue weighted by atomic mass is 9.97. The van der Waals surface area contributed by atoms with E-state index in [0.717, 1.165) is 16.5 Å². The average molecular weight is 545 g/mol. The molecule has 0 aliphatic carbocycles. The number of esters is 1. The molecule has 0 bridgehead atoms. The number of halogens is 1. The number of fused-ring (bicyclic) bond motifs is 1. The number of nitrogens with zero attached hydrogens (tertiary/aromatic N) is 5. The van der Waals surface area contributed by atoms with E-state index in [9.17, 15) is 14.0 Å². The highest BCUT2D eigenvalue weighted by Crippen LogP contribution is 2.35. The van der Waals surface area contributed by atoms with E-state index in [1.807, 2.05) is 31.1 Å². The number of pyridine rings is 3. The van der Waals surface area contributed by atoms with Gasteiger partial charge in [0, 0.05) is 65.6 Å². The molecule has 4 aromatic heterocycles. The topological polar surface area (TPSA) is 102 Å². The SMILES string of the molecule is CC(OC(=O)C(C)(C)C)n1cc(-c2ccnc(F)c2)c2cc(-c3cncc(NC(=O)/C=C/CN(C)C)c3)cnc21. The third-order valence-electron chi connectivity index (χ3n) is 6.07. The lowest BCUT2D eigenvalue weighted by molar-refractivity contribution is -0.162. The number of anilines is 1. The van der Waals surface area contributed by atoms with E-state index in [1.165, 1.54) is 18.3 Å². The van der Waals surface area contributed by atoms with Crippen molar-refractivity contribution in [2.75, 3.05) is 26.0 Å². The van der Waals surface area contributed by atoms with Crippen LogP contribution in [0.4, 0.5) is 10.1 Å². The molecule has 40 heavy (non-hydrogen) atoms. The van der Waals surface area contributed by atoms with Crippen molar-refractivity contribution in [1.82, 2.24) is 24.4 Å². The molecule has 0 aliphatic heterocycles. The molecule has 0 aromatic carbocycles. The van der Waals surface area contributed by atoms with Gasteiger partial charge in [-0.3, -0.25) is 19.1 Å². The van der Waals surface area contributed by atoms with Crippen LogP contribution in [-0.2, 0) is 14.3 Å². The Morgan fingerprint density at radius 1 is 1.10 bits per heavy atom. The zero-order valence-electron chi connectivity index (χ0n) is 23.5. The van der Waals surface area contributed by atoms with Gasteiger partial charge in [0.2, 0.25) is 11.9 Å². The fourth-order valence-corrected chi connectivity index (χ4v) is 3.98. The third kappa shape index (κ3) is 6.76. The maximum atomic E-state index is 14.1. The Balaban J connectivity index is 1.73. The van der Waals surface area contributed by atoms with Gasteiger partial charge in [0.25, 0.3) is 0 Å². The molecule has 4 heterocycles. The molecule has 1 amide bonds. The summed E-state index contributed by atoms with van der Waals surface area (Å²) in [6, 6.07) is 6.79. The van der Waals surface area contributed by atoms with Crippen molar-refractivity contribution < 1.29 is 18.7 Å². The van der Waals surface area contributed by atoms with Crippen molar-refractivity contribution >= 4 is 28.6 Å². The van der Waals surface area contributed by atoms with Gasteiger partial charge in [-0.25, -0.2) is 9.97 Å². The van der Waals surface area contributed by atoms with E-state index in [1.54, 1.807) is 69.2 Å². The molecular weight excluding hydrogens is 511 g/mol. The molecule has 4 rings (SSSR count). The van der Waals surface area contributed by atoms with Crippen LogP contribution in [0, 0.1) is 11.4 Å². The molecular formula is C30H33FN6O3. The Kier molecular flexibility index (Phi) is 8.39. The fraction of sp³-hybridized carbons (Fsp3) is 0.300. The number of hydrogen-bond acceptors (Lipinski definition) is 7. The highest BCUT2D eigenvalue weighted by molar-refractivity contribution is 6.00. The molecule has 1 unspecified atom stereocenters. The number of aromatic nitrogens is 4. The number of amides is 1. The standard InChI is InChI=1S/C30H33FN6O3/c1-19(40-29(39)30(2,3)4)37-18-25(20-9-10-33-26(31)14-20)24-13-22(16-34-28(24)37)21-12-23(17-32-15-21)35-27(38)8-7-11-36(5)6/h7-10,12-19H,11H2,1-6H3,(H,35,38)/b8-7+. The van der Waals surface area contributed by atoms with Gasteiger partial charge in [-0.2, -0.15) is 4.39 Å². The second kappa shape index (κ2) is 11.7. The van der Waals surface area contributed by atoms with Crippen LogP contribution in [-0.4, -0.2) is 56.9 Å². The van der Waals surface area contributed by atoms with Gasteiger partial charge in [-0.1, -0.05) is 6.08 Å². The van der Waals surface area contributed by atoms with Crippen molar-refractivity contribution in [2.45, 2.75) is 33.9 Å². The van der Waals surface area contributed by atoms with Crippen LogP contribution in [0.25, 0.3) is 33.3 Å². The summed E-state index contributed by atoms with van der Waals surface area (Å²) < 4.78 is 21.6. The van der Waals surface area contributed by atoms with Crippen LogP contribution in [0.5, 0.6) is 0 Å². The fourth-order valence-electron chi connectivity index (χ4n) is 3.98. The maximum Gasteiger partial charge on any atom is 0.313 e. The minimum atomic E-state index is -0.676. The summed E-state index contributed by atoms with van der Waals surface area (Å²) in [5, 5.41) is 3.55. The quantitative estimate of drug-likeness (QED) is 0.178. The second-order valence-corrected chi connectivity index (χ2v) is 10.8. The first-order chi connectivity index (χ1) is 18.9. The van der Waals surface area contributed by atoms with Crippen LogP contribution in [0.3, 0.4) is 0 Å². The number of rotatable bonds is 8. The highest BCUT2D eigenvalue weighted by Gasteiger charge is 2.27. The lowest BCUT2D eigenvalue weighted by Crippen LogP contribution is -2.26. The normalized spacial score (nSPS) is 12.7. The van der Waals surface area contributed by atoms with Gasteiger partial charge < -0.3 is 15.0 Å². The Bertz CT molecular complexity index is 1570. The summed E-state index contributed by atoms with van der Waals surface area (Å²) in [5.74, 6) is -1.22. The molecule has 0 fully saturated rings. The Morgan fingerprint density at radius 3 is 2.55 bits per heavy atom. The van der Waals surface area contributed by atoms with Crippen LogP contribution < -0.4 is 5.32 Å². The van der Waals surface area contributed by atoms with E-state index >= 15 is 0 Å². The van der Waals surface area contributed by atoms with Crippen molar-refractivity contribution in [1.29, 1.82) is 0 Å². The van der Waals surface area contributed by atoms with Crippen molar-refractivity contribution in [3.8, 4) is 22.3 Å². The Hall–Kier alpha value is -4.44. The van der Waals surface area contributed by atoms with Gasteiger partial charge in [0.1, 0.15) is 5.65 Å². The molecule has 10 heteroatoms. The van der Waals surface area contributed by atoms with Crippen molar-refractivity contribution in [2.24, 2.45) is 5.41 Å². The first-order valence-corrected chi connectivity index (χ1v) is 12.8. The summed E-state index contributed by atoms with van der Waals surface area (Å²) in [7, 11) is 3.84. The number of carbonyl (C=O) groups excluding carboxylic acids is 2. The second-order valence-electron chi connectivity index (χ2n) is 10.8. The number of likely N-dealkylation sites (N-methyl/N-ethyl adjacent to an activating group) is 1.